The van der Waals surface area contributed by atoms with E-state index < -0.39 is 5.97 Å². The number of ketones is 1. The molecule has 6 nitrogen and oxygen atoms in total. The zero-order chi connectivity index (χ0) is 22.8. The quantitative estimate of drug-likeness (QED) is 0.303. The first-order valence-corrected chi connectivity index (χ1v) is 10.9. The molecule has 0 atom stereocenters. The van der Waals surface area contributed by atoms with E-state index in [0.717, 1.165) is 31.9 Å². The lowest BCUT2D eigenvalue weighted by Crippen LogP contribution is -2.36. The van der Waals surface area contributed by atoms with Gasteiger partial charge in [-0.05, 0) is 60.6 Å². The second-order valence-electron chi connectivity index (χ2n) is 7.97. The average molecular weight is 441 g/mol. The van der Waals surface area contributed by atoms with E-state index in [2.05, 4.69) is 17.0 Å². The van der Waals surface area contributed by atoms with Gasteiger partial charge < -0.3 is 19.1 Å². The number of rotatable bonds is 3. The van der Waals surface area contributed by atoms with Gasteiger partial charge in [-0.1, -0.05) is 30.3 Å². The number of Topliss-reactive ketones (excluding diaryl/α,β-unsaturated/α-hetero) is 1. The molecule has 1 saturated heterocycles. The van der Waals surface area contributed by atoms with Crippen LogP contribution in [0.15, 0.2) is 89.4 Å². The number of carbonyl (C=O) groups excluding carboxylic acids is 2. The minimum Gasteiger partial charge on any atom is -0.462 e. The first kappa shape index (κ1) is 21.0. The number of nitrogens with zero attached hydrogens (tertiary/aromatic N) is 1. The molecule has 2 aromatic carbocycles. The fraction of sp³-hybridized carbons (Fsp3) is 0.185. The fourth-order valence-corrected chi connectivity index (χ4v) is 4.05. The molecule has 33 heavy (non-hydrogen) atoms. The van der Waals surface area contributed by atoms with Crippen molar-refractivity contribution in [1.82, 2.24) is 0 Å². The molecule has 2 aromatic rings. The number of para-hydroxylation sites is 1. The predicted octanol–water partition coefficient (Wildman–Crippen LogP) is 4.45. The van der Waals surface area contributed by atoms with Crippen LogP contribution in [0.5, 0.6) is 5.75 Å². The minimum atomic E-state index is -0.655. The second kappa shape index (κ2) is 8.92. The Labute approximate surface area is 192 Å². The van der Waals surface area contributed by atoms with Crippen molar-refractivity contribution in [2.45, 2.75) is 6.92 Å². The SMILES string of the molecule is CC1=CC(=C2C(=O)Oc3ccccc3C2=O)C=C(C=Cc2ccc(N3CCOCC3)cc2)O1. The van der Waals surface area contributed by atoms with Crippen molar-refractivity contribution in [3.05, 3.63) is 101 Å². The Morgan fingerprint density at radius 3 is 2.42 bits per heavy atom. The third-order valence-corrected chi connectivity index (χ3v) is 5.70. The lowest BCUT2D eigenvalue weighted by molar-refractivity contribution is -0.130. The van der Waals surface area contributed by atoms with Gasteiger partial charge in [0.1, 0.15) is 22.8 Å². The van der Waals surface area contributed by atoms with E-state index >= 15 is 0 Å². The highest BCUT2D eigenvalue weighted by Gasteiger charge is 2.33. The number of carbonyl (C=O) groups is 2. The standard InChI is InChI=1S/C27H23NO5/c1-18-16-20(25-26(29)23-4-2-3-5-24(23)33-27(25)30)17-22(32-18)11-8-19-6-9-21(10-7-19)28-12-14-31-15-13-28/h2-11,16-17H,12-15H2,1H3. The Hall–Kier alpha value is -3.90. The van der Waals surface area contributed by atoms with Crippen LogP contribution in [0.25, 0.3) is 6.08 Å². The van der Waals surface area contributed by atoms with E-state index in [0.29, 0.717) is 22.7 Å². The number of ether oxygens (including phenoxy) is 3. The molecule has 1 fully saturated rings. The van der Waals surface area contributed by atoms with Gasteiger partial charge in [0.15, 0.2) is 0 Å². The number of anilines is 1. The number of esters is 1. The third-order valence-electron chi connectivity index (χ3n) is 5.70. The average Bonchev–Trinajstić information content (AvgIpc) is 2.83. The van der Waals surface area contributed by atoms with Crippen LogP contribution in [0.3, 0.4) is 0 Å². The van der Waals surface area contributed by atoms with Gasteiger partial charge in [-0.3, -0.25) is 4.79 Å². The van der Waals surface area contributed by atoms with Crippen LogP contribution in [0.1, 0.15) is 22.8 Å². The lowest BCUT2D eigenvalue weighted by atomic mass is 9.94. The van der Waals surface area contributed by atoms with Gasteiger partial charge in [0.2, 0.25) is 5.78 Å². The summed E-state index contributed by atoms with van der Waals surface area (Å²) in [6, 6.07) is 15.0. The van der Waals surface area contributed by atoms with Crippen molar-refractivity contribution in [3.8, 4) is 5.75 Å². The van der Waals surface area contributed by atoms with Crippen molar-refractivity contribution >= 4 is 23.5 Å². The summed E-state index contributed by atoms with van der Waals surface area (Å²) >= 11 is 0. The summed E-state index contributed by atoms with van der Waals surface area (Å²) in [5.74, 6) is 0.407. The fourth-order valence-electron chi connectivity index (χ4n) is 4.05. The van der Waals surface area contributed by atoms with Gasteiger partial charge in [0, 0.05) is 18.8 Å². The molecule has 0 aliphatic carbocycles. The van der Waals surface area contributed by atoms with Crippen LogP contribution >= 0.6 is 0 Å². The normalized spacial score (nSPS) is 20.7. The summed E-state index contributed by atoms with van der Waals surface area (Å²) in [4.78, 5) is 27.9. The van der Waals surface area contributed by atoms with Crippen molar-refractivity contribution in [3.63, 3.8) is 0 Å². The van der Waals surface area contributed by atoms with Gasteiger partial charge in [-0.25, -0.2) is 4.79 Å². The molecule has 0 bridgehead atoms. The maximum atomic E-state index is 13.0. The van der Waals surface area contributed by atoms with Gasteiger partial charge in [0.05, 0.1) is 18.8 Å². The number of fused-ring (bicyclic) bond motifs is 1. The van der Waals surface area contributed by atoms with E-state index in [-0.39, 0.29) is 17.1 Å². The van der Waals surface area contributed by atoms with Crippen LogP contribution in [-0.4, -0.2) is 38.1 Å². The molecule has 6 heteroatoms. The van der Waals surface area contributed by atoms with E-state index in [1.54, 1.807) is 43.3 Å². The molecule has 0 spiro atoms. The van der Waals surface area contributed by atoms with Crippen molar-refractivity contribution in [1.29, 1.82) is 0 Å². The van der Waals surface area contributed by atoms with Crippen molar-refractivity contribution in [2.75, 3.05) is 31.2 Å². The lowest BCUT2D eigenvalue weighted by Gasteiger charge is -2.28. The number of allylic oxidation sites excluding steroid dienone is 5. The summed E-state index contributed by atoms with van der Waals surface area (Å²) in [5.41, 5.74) is 3.05. The highest BCUT2D eigenvalue weighted by molar-refractivity contribution is 6.28. The Kier molecular flexibility index (Phi) is 5.67. The maximum Gasteiger partial charge on any atom is 0.348 e. The molecule has 3 aliphatic heterocycles. The molecular formula is C27H23NO5. The molecule has 0 radical (unpaired) electrons. The molecule has 0 aromatic heterocycles. The summed E-state index contributed by atoms with van der Waals surface area (Å²) < 4.78 is 16.6. The number of benzene rings is 2. The van der Waals surface area contributed by atoms with Crippen LogP contribution in [0.4, 0.5) is 5.69 Å². The minimum absolute atomic E-state index is 0.0112. The monoisotopic (exact) mass is 441 g/mol. The molecular weight excluding hydrogens is 418 g/mol. The predicted molar refractivity (Wildman–Crippen MR) is 125 cm³/mol. The summed E-state index contributed by atoms with van der Waals surface area (Å²) in [7, 11) is 0. The van der Waals surface area contributed by atoms with Crippen LogP contribution in [0.2, 0.25) is 0 Å². The molecule has 0 unspecified atom stereocenters. The molecule has 0 amide bonds. The number of hydrogen-bond donors (Lipinski definition) is 0. The van der Waals surface area contributed by atoms with E-state index in [1.165, 1.54) is 5.69 Å². The Morgan fingerprint density at radius 2 is 1.64 bits per heavy atom. The topological polar surface area (TPSA) is 65.1 Å². The molecule has 3 aliphatic rings. The third kappa shape index (κ3) is 4.38. The second-order valence-corrected chi connectivity index (χ2v) is 7.97. The summed E-state index contributed by atoms with van der Waals surface area (Å²) in [6.45, 7) is 5.07. The van der Waals surface area contributed by atoms with Crippen LogP contribution in [-0.2, 0) is 14.3 Å². The maximum absolute atomic E-state index is 13.0. The van der Waals surface area contributed by atoms with E-state index in [9.17, 15) is 9.59 Å². The Balaban J connectivity index is 1.39. The Bertz CT molecular complexity index is 1230. The van der Waals surface area contributed by atoms with E-state index in [1.807, 2.05) is 24.3 Å². The molecule has 0 N–H and O–H groups in total. The highest BCUT2D eigenvalue weighted by atomic mass is 16.5. The number of morpholine rings is 1. The van der Waals surface area contributed by atoms with Gasteiger partial charge in [-0.2, -0.15) is 0 Å². The highest BCUT2D eigenvalue weighted by Crippen LogP contribution is 2.32. The first-order chi connectivity index (χ1) is 16.1. The molecule has 166 valence electrons. The number of hydrogen-bond acceptors (Lipinski definition) is 6. The smallest absolute Gasteiger partial charge is 0.348 e. The van der Waals surface area contributed by atoms with Crippen LogP contribution in [0, 0.1) is 0 Å². The Morgan fingerprint density at radius 1 is 0.879 bits per heavy atom. The molecule has 5 rings (SSSR count). The zero-order valence-corrected chi connectivity index (χ0v) is 18.2. The van der Waals surface area contributed by atoms with Gasteiger partial charge >= 0.3 is 5.97 Å². The summed E-state index contributed by atoms with van der Waals surface area (Å²) in [6.07, 6.45) is 7.13. The summed E-state index contributed by atoms with van der Waals surface area (Å²) in [5, 5.41) is 0. The first-order valence-electron chi connectivity index (χ1n) is 10.9. The molecule has 0 saturated carbocycles. The van der Waals surface area contributed by atoms with Crippen LogP contribution < -0.4 is 9.64 Å². The van der Waals surface area contributed by atoms with E-state index in [4.69, 9.17) is 14.2 Å². The molecule has 3 heterocycles. The van der Waals surface area contributed by atoms with Crippen molar-refractivity contribution < 1.29 is 23.8 Å². The van der Waals surface area contributed by atoms with Crippen molar-refractivity contribution in [2.24, 2.45) is 0 Å². The largest absolute Gasteiger partial charge is 0.462 e. The van der Waals surface area contributed by atoms with Gasteiger partial charge in [-0.15, -0.1) is 0 Å². The van der Waals surface area contributed by atoms with Gasteiger partial charge in [0.25, 0.3) is 0 Å². The zero-order valence-electron chi connectivity index (χ0n) is 18.2.